The highest BCUT2D eigenvalue weighted by atomic mass is 16.6. The minimum atomic E-state index is -0.243. The van der Waals surface area contributed by atoms with Gasteiger partial charge in [-0.05, 0) is 36.6 Å². The normalized spacial score (nSPS) is 18.2. The van der Waals surface area contributed by atoms with E-state index in [0.29, 0.717) is 30.8 Å². The summed E-state index contributed by atoms with van der Waals surface area (Å²) in [5.41, 5.74) is 1.41. The molecule has 1 aromatic heterocycles. The number of aromatic nitrogens is 2. The van der Waals surface area contributed by atoms with E-state index in [0.717, 1.165) is 35.3 Å². The van der Waals surface area contributed by atoms with E-state index in [4.69, 9.17) is 9.47 Å². The van der Waals surface area contributed by atoms with Crippen LogP contribution in [0.1, 0.15) is 30.1 Å². The van der Waals surface area contributed by atoms with Crippen molar-refractivity contribution in [2.45, 2.75) is 25.3 Å². The van der Waals surface area contributed by atoms with Crippen LogP contribution in [-0.2, 0) is 11.2 Å². The number of hydrogen-bond acceptors (Lipinski definition) is 5. The van der Waals surface area contributed by atoms with Gasteiger partial charge in [-0.2, -0.15) is 5.10 Å². The number of nitrogens with one attached hydrogen (secondary N) is 1. The summed E-state index contributed by atoms with van der Waals surface area (Å²) in [5, 5.41) is 7.93. The van der Waals surface area contributed by atoms with Gasteiger partial charge in [0.25, 0.3) is 5.56 Å². The maximum atomic E-state index is 13.2. The van der Waals surface area contributed by atoms with Crippen LogP contribution in [0.25, 0.3) is 10.8 Å². The lowest BCUT2D eigenvalue weighted by atomic mass is 10.0. The largest absolute Gasteiger partial charge is 0.486 e. The minimum Gasteiger partial charge on any atom is -0.486 e. The average Bonchev–Trinajstić information content (AvgIpc) is 3.26. The van der Waals surface area contributed by atoms with Gasteiger partial charge in [-0.25, -0.2) is 5.10 Å². The third-order valence-electron chi connectivity index (χ3n) is 5.62. The Hall–Kier alpha value is -3.35. The zero-order chi connectivity index (χ0) is 19.8. The van der Waals surface area contributed by atoms with E-state index in [9.17, 15) is 9.59 Å². The summed E-state index contributed by atoms with van der Waals surface area (Å²) in [6.07, 6.45) is 2.01. The number of H-pyrrole nitrogens is 1. The smallest absolute Gasteiger partial charge is 0.272 e. The lowest BCUT2D eigenvalue weighted by molar-refractivity contribution is -0.131. The van der Waals surface area contributed by atoms with Crippen LogP contribution in [0.15, 0.2) is 47.3 Å². The lowest BCUT2D eigenvalue weighted by Crippen LogP contribution is -2.32. The molecule has 1 amide bonds. The Balaban J connectivity index is 1.41. The molecule has 7 nitrogen and oxygen atoms in total. The van der Waals surface area contributed by atoms with Gasteiger partial charge in [-0.3, -0.25) is 9.59 Å². The molecule has 5 rings (SSSR count). The molecule has 0 spiro atoms. The molecule has 0 bridgehead atoms. The molecule has 2 aromatic carbocycles. The molecular weight excluding hydrogens is 370 g/mol. The molecule has 1 saturated heterocycles. The molecule has 3 heterocycles. The van der Waals surface area contributed by atoms with Crippen molar-refractivity contribution in [3.05, 3.63) is 64.1 Å². The Morgan fingerprint density at radius 2 is 1.90 bits per heavy atom. The molecule has 0 aliphatic carbocycles. The van der Waals surface area contributed by atoms with Gasteiger partial charge >= 0.3 is 0 Å². The number of rotatable bonds is 3. The van der Waals surface area contributed by atoms with Crippen LogP contribution in [0.5, 0.6) is 11.5 Å². The van der Waals surface area contributed by atoms with Gasteiger partial charge < -0.3 is 14.4 Å². The van der Waals surface area contributed by atoms with E-state index in [1.165, 1.54) is 0 Å². The summed E-state index contributed by atoms with van der Waals surface area (Å²) in [6.45, 7) is 1.80. The summed E-state index contributed by atoms with van der Waals surface area (Å²) >= 11 is 0. The Kier molecular flexibility index (Phi) is 4.42. The number of likely N-dealkylation sites (tertiary alicyclic amines) is 1. The number of carbonyl (C=O) groups is 1. The maximum absolute atomic E-state index is 13.2. The second-order valence-corrected chi connectivity index (χ2v) is 7.37. The first-order valence-corrected chi connectivity index (χ1v) is 9.86. The first-order chi connectivity index (χ1) is 14.2. The van der Waals surface area contributed by atoms with Crippen molar-refractivity contribution >= 4 is 16.7 Å². The van der Waals surface area contributed by atoms with Gasteiger partial charge in [0.2, 0.25) is 5.91 Å². The molecule has 148 valence electrons. The summed E-state index contributed by atoms with van der Waals surface area (Å²) in [5.74, 6) is 1.49. The van der Waals surface area contributed by atoms with Crippen LogP contribution in [0.4, 0.5) is 0 Å². The highest BCUT2D eigenvalue weighted by Crippen LogP contribution is 2.38. The second kappa shape index (κ2) is 7.24. The van der Waals surface area contributed by atoms with Gasteiger partial charge in [0, 0.05) is 11.9 Å². The summed E-state index contributed by atoms with van der Waals surface area (Å²) < 4.78 is 11.3. The fourth-order valence-electron chi connectivity index (χ4n) is 4.23. The molecule has 0 saturated carbocycles. The van der Waals surface area contributed by atoms with E-state index in [1.807, 2.05) is 41.3 Å². The van der Waals surface area contributed by atoms with Crippen molar-refractivity contribution in [1.29, 1.82) is 0 Å². The Labute approximate surface area is 167 Å². The fourth-order valence-corrected chi connectivity index (χ4v) is 4.23. The topological polar surface area (TPSA) is 84.5 Å². The molecule has 1 atom stereocenters. The molecule has 7 heteroatoms. The monoisotopic (exact) mass is 391 g/mol. The first-order valence-electron chi connectivity index (χ1n) is 9.86. The standard InChI is InChI=1S/C22H21N3O4/c26-21(13-17-15-4-1-2-5-16(15)22(27)24-23-17)25-9-3-6-18(25)14-7-8-19-20(12-14)29-11-10-28-19/h1-2,4-5,7-8,12,18H,3,6,9-11,13H2,(H,24,27). The van der Waals surface area contributed by atoms with Crippen molar-refractivity contribution in [3.8, 4) is 11.5 Å². The van der Waals surface area contributed by atoms with E-state index in [1.54, 1.807) is 6.07 Å². The maximum Gasteiger partial charge on any atom is 0.272 e. The summed E-state index contributed by atoms with van der Waals surface area (Å²) in [6, 6.07) is 13.2. The lowest BCUT2D eigenvalue weighted by Gasteiger charge is -2.27. The Morgan fingerprint density at radius 3 is 2.76 bits per heavy atom. The zero-order valence-corrected chi connectivity index (χ0v) is 15.9. The van der Waals surface area contributed by atoms with Crippen LogP contribution in [0, 0.1) is 0 Å². The van der Waals surface area contributed by atoms with Crippen LogP contribution in [-0.4, -0.2) is 40.8 Å². The number of nitrogens with zero attached hydrogens (tertiary/aromatic N) is 2. The molecule has 1 fully saturated rings. The quantitative estimate of drug-likeness (QED) is 0.742. The molecular formula is C22H21N3O4. The van der Waals surface area contributed by atoms with Gasteiger partial charge in [0.05, 0.1) is 23.5 Å². The predicted molar refractivity (Wildman–Crippen MR) is 107 cm³/mol. The Bertz CT molecular complexity index is 1140. The van der Waals surface area contributed by atoms with E-state index in [2.05, 4.69) is 10.2 Å². The number of ether oxygens (including phenoxy) is 2. The van der Waals surface area contributed by atoms with Crippen molar-refractivity contribution in [3.63, 3.8) is 0 Å². The summed E-state index contributed by atoms with van der Waals surface area (Å²) in [4.78, 5) is 27.1. The van der Waals surface area contributed by atoms with Gasteiger partial charge in [-0.1, -0.05) is 24.3 Å². The first kappa shape index (κ1) is 17.7. The van der Waals surface area contributed by atoms with Gasteiger partial charge in [-0.15, -0.1) is 0 Å². The molecule has 1 N–H and O–H groups in total. The molecule has 1 unspecified atom stereocenters. The molecule has 3 aromatic rings. The predicted octanol–water partition coefficient (Wildman–Crippen LogP) is 2.60. The van der Waals surface area contributed by atoms with Crippen LogP contribution in [0.2, 0.25) is 0 Å². The number of aromatic amines is 1. The second-order valence-electron chi connectivity index (χ2n) is 7.37. The van der Waals surface area contributed by atoms with E-state index >= 15 is 0 Å². The number of fused-ring (bicyclic) bond motifs is 2. The van der Waals surface area contributed by atoms with Crippen molar-refractivity contribution in [2.75, 3.05) is 19.8 Å². The van der Waals surface area contributed by atoms with E-state index in [-0.39, 0.29) is 23.9 Å². The third kappa shape index (κ3) is 3.22. The van der Waals surface area contributed by atoms with Crippen molar-refractivity contribution in [2.24, 2.45) is 0 Å². The zero-order valence-electron chi connectivity index (χ0n) is 15.9. The van der Waals surface area contributed by atoms with Gasteiger partial charge in [0.1, 0.15) is 13.2 Å². The number of hydrogen-bond donors (Lipinski definition) is 1. The molecule has 2 aliphatic heterocycles. The minimum absolute atomic E-state index is 0.00657. The number of carbonyl (C=O) groups excluding carboxylic acids is 1. The van der Waals surface area contributed by atoms with Gasteiger partial charge in [0.15, 0.2) is 11.5 Å². The highest BCUT2D eigenvalue weighted by molar-refractivity contribution is 5.88. The van der Waals surface area contributed by atoms with Crippen LogP contribution < -0.4 is 15.0 Å². The van der Waals surface area contributed by atoms with Crippen LogP contribution in [0.3, 0.4) is 0 Å². The van der Waals surface area contributed by atoms with Crippen LogP contribution >= 0.6 is 0 Å². The molecule has 29 heavy (non-hydrogen) atoms. The Morgan fingerprint density at radius 1 is 1.10 bits per heavy atom. The summed E-state index contributed by atoms with van der Waals surface area (Å²) in [7, 11) is 0. The number of benzene rings is 2. The molecule has 2 aliphatic rings. The van der Waals surface area contributed by atoms with Crippen molar-refractivity contribution in [1.82, 2.24) is 15.1 Å². The third-order valence-corrected chi connectivity index (χ3v) is 5.62. The SMILES string of the molecule is O=C(Cc1n[nH]c(=O)c2ccccc12)N1CCCC1c1ccc2c(c1)OCCO2. The fraction of sp³-hybridized carbons (Fsp3) is 0.318. The van der Waals surface area contributed by atoms with E-state index < -0.39 is 0 Å². The highest BCUT2D eigenvalue weighted by Gasteiger charge is 2.31. The average molecular weight is 391 g/mol. The molecule has 0 radical (unpaired) electrons. The van der Waals surface area contributed by atoms with Crippen molar-refractivity contribution < 1.29 is 14.3 Å². The number of amides is 1.